The van der Waals surface area contributed by atoms with Crippen molar-refractivity contribution in [2.24, 2.45) is 0 Å². The number of cyclic esters (lactones) is 1. The van der Waals surface area contributed by atoms with E-state index >= 15 is 0 Å². The summed E-state index contributed by atoms with van der Waals surface area (Å²) in [6, 6.07) is 2.89. The highest BCUT2D eigenvalue weighted by atomic mass is 35.5. The number of imide groups is 1. The summed E-state index contributed by atoms with van der Waals surface area (Å²) in [7, 11) is 0. The van der Waals surface area contributed by atoms with Crippen LogP contribution in [0.1, 0.15) is 13.8 Å². The number of nitrogens with zero attached hydrogens (tertiary/aromatic N) is 1. The molecule has 0 unspecified atom stereocenters. The molecule has 1 saturated heterocycles. The van der Waals surface area contributed by atoms with Crippen molar-refractivity contribution in [3.8, 4) is 18.1 Å². The molecular weight excluding hydrogens is 329 g/mol. The van der Waals surface area contributed by atoms with E-state index in [0.29, 0.717) is 5.57 Å². The predicted octanol–water partition coefficient (Wildman–Crippen LogP) is 3.78. The van der Waals surface area contributed by atoms with Gasteiger partial charge in [0.1, 0.15) is 11.6 Å². The zero-order valence-electron chi connectivity index (χ0n) is 11.8. The number of anilines is 1. The molecule has 7 heteroatoms. The first kappa shape index (κ1) is 16.2. The lowest BCUT2D eigenvalue weighted by molar-refractivity contribution is -0.114. The van der Waals surface area contributed by atoms with Crippen LogP contribution in [0.4, 0.5) is 10.5 Å². The molecule has 0 atom stereocenters. The molecule has 0 radical (unpaired) electrons. The second-order valence-electron chi connectivity index (χ2n) is 4.54. The van der Waals surface area contributed by atoms with Gasteiger partial charge in [-0.1, -0.05) is 29.1 Å². The van der Waals surface area contributed by atoms with Crippen LogP contribution in [0, 0.1) is 12.3 Å². The maximum absolute atomic E-state index is 12.3. The summed E-state index contributed by atoms with van der Waals surface area (Å²) in [6.07, 6.45) is 4.29. The summed E-state index contributed by atoms with van der Waals surface area (Å²) in [6.45, 7) is 3.27. The lowest BCUT2D eigenvalue weighted by Gasteiger charge is -2.16. The monoisotopic (exact) mass is 339 g/mol. The van der Waals surface area contributed by atoms with Gasteiger partial charge in [-0.25, -0.2) is 9.69 Å². The summed E-state index contributed by atoms with van der Waals surface area (Å²) in [5, 5.41) is 0.217. The van der Waals surface area contributed by atoms with Crippen molar-refractivity contribution in [2.75, 3.05) is 11.5 Å². The summed E-state index contributed by atoms with van der Waals surface area (Å²) in [4.78, 5) is 25.0. The Bertz CT molecular complexity index is 730. The van der Waals surface area contributed by atoms with Gasteiger partial charge in [0.25, 0.3) is 0 Å². The minimum atomic E-state index is -0.840. The summed E-state index contributed by atoms with van der Waals surface area (Å²) in [5.74, 6) is 1.76. The number of hydrogen-bond donors (Lipinski definition) is 0. The number of benzene rings is 1. The highest BCUT2D eigenvalue weighted by molar-refractivity contribution is 6.40. The zero-order valence-corrected chi connectivity index (χ0v) is 13.3. The average molecular weight is 340 g/mol. The minimum absolute atomic E-state index is 0.00283. The molecular formula is C15H11Cl2NO4. The average Bonchev–Trinajstić information content (AvgIpc) is 2.75. The molecule has 1 aliphatic rings. The van der Waals surface area contributed by atoms with E-state index in [1.54, 1.807) is 13.8 Å². The molecule has 0 spiro atoms. The van der Waals surface area contributed by atoms with Crippen LogP contribution < -0.4 is 9.64 Å². The van der Waals surface area contributed by atoms with Gasteiger partial charge in [0.15, 0.2) is 11.5 Å². The molecule has 1 aromatic carbocycles. The topological polar surface area (TPSA) is 55.8 Å². The van der Waals surface area contributed by atoms with E-state index in [9.17, 15) is 9.59 Å². The van der Waals surface area contributed by atoms with Gasteiger partial charge in [0.2, 0.25) is 0 Å². The molecule has 0 aliphatic carbocycles. The Hall–Kier alpha value is -2.16. The third-order valence-electron chi connectivity index (χ3n) is 2.79. The standard InChI is InChI=1S/C15H11Cl2NO4/c1-4-7-21-13-9(16)5-6-10(11(13)17)18-14(19)12(8(2)3)22-15(18)20/h1,5-6H,7H2,2-3H3. The Morgan fingerprint density at radius 3 is 2.59 bits per heavy atom. The maximum atomic E-state index is 12.3. The Morgan fingerprint density at radius 1 is 1.36 bits per heavy atom. The highest BCUT2D eigenvalue weighted by Crippen LogP contribution is 2.42. The molecule has 114 valence electrons. The smallest absolute Gasteiger partial charge is 0.427 e. The summed E-state index contributed by atoms with van der Waals surface area (Å²) >= 11 is 12.2. The Balaban J connectivity index is 2.50. The first-order valence-corrected chi connectivity index (χ1v) is 6.92. The highest BCUT2D eigenvalue weighted by Gasteiger charge is 2.40. The second-order valence-corrected chi connectivity index (χ2v) is 5.33. The van der Waals surface area contributed by atoms with Crippen LogP contribution in [0.15, 0.2) is 23.5 Å². The molecule has 1 aliphatic heterocycles. The quantitative estimate of drug-likeness (QED) is 0.621. The van der Waals surface area contributed by atoms with Crippen LogP contribution in [0.2, 0.25) is 10.0 Å². The fraction of sp³-hybridized carbons (Fsp3) is 0.200. The molecule has 1 aromatic rings. The molecule has 1 fully saturated rings. The number of allylic oxidation sites excluding steroid dienone is 1. The molecule has 1 heterocycles. The number of ether oxygens (including phenoxy) is 2. The lowest BCUT2D eigenvalue weighted by Crippen LogP contribution is -2.28. The van der Waals surface area contributed by atoms with Crippen molar-refractivity contribution in [2.45, 2.75) is 13.8 Å². The van der Waals surface area contributed by atoms with E-state index in [4.69, 9.17) is 39.1 Å². The van der Waals surface area contributed by atoms with E-state index in [1.165, 1.54) is 12.1 Å². The number of rotatable bonds is 3. The molecule has 22 heavy (non-hydrogen) atoms. The number of terminal acetylenes is 1. The fourth-order valence-corrected chi connectivity index (χ4v) is 2.39. The first-order chi connectivity index (χ1) is 10.4. The van der Waals surface area contributed by atoms with Gasteiger partial charge in [0, 0.05) is 0 Å². The first-order valence-electron chi connectivity index (χ1n) is 6.16. The predicted molar refractivity (Wildman–Crippen MR) is 83.1 cm³/mol. The van der Waals surface area contributed by atoms with Crippen LogP contribution in [0.25, 0.3) is 0 Å². The van der Waals surface area contributed by atoms with Gasteiger partial charge in [0.05, 0.1) is 10.7 Å². The number of carbonyl (C=O) groups is 2. The SMILES string of the molecule is C#CCOc1c(Cl)ccc(N2C(=O)OC(=C(C)C)C2=O)c1Cl. The van der Waals surface area contributed by atoms with Gasteiger partial charge in [-0.05, 0) is 31.6 Å². The Labute approximate surface area is 137 Å². The lowest BCUT2D eigenvalue weighted by atomic mass is 10.2. The molecule has 2 rings (SSSR count). The molecule has 2 amide bonds. The van der Waals surface area contributed by atoms with Crippen molar-refractivity contribution in [3.05, 3.63) is 33.5 Å². The van der Waals surface area contributed by atoms with Gasteiger partial charge >= 0.3 is 12.0 Å². The van der Waals surface area contributed by atoms with Gasteiger partial charge in [-0.15, -0.1) is 6.42 Å². The Morgan fingerprint density at radius 2 is 2.05 bits per heavy atom. The van der Waals surface area contributed by atoms with Crippen molar-refractivity contribution >= 4 is 40.9 Å². The third-order valence-corrected chi connectivity index (χ3v) is 3.46. The molecule has 0 N–H and O–H groups in total. The van der Waals surface area contributed by atoms with Gasteiger partial charge < -0.3 is 9.47 Å². The zero-order chi connectivity index (χ0) is 16.4. The second kappa shape index (κ2) is 6.30. The van der Waals surface area contributed by atoms with Crippen LogP contribution in [-0.2, 0) is 9.53 Å². The van der Waals surface area contributed by atoms with E-state index < -0.39 is 12.0 Å². The molecule has 0 aromatic heterocycles. The van der Waals surface area contributed by atoms with Crippen molar-refractivity contribution in [3.63, 3.8) is 0 Å². The van der Waals surface area contributed by atoms with Gasteiger partial charge in [-0.2, -0.15) is 0 Å². The molecule has 0 bridgehead atoms. The normalized spacial score (nSPS) is 14.0. The van der Waals surface area contributed by atoms with Crippen molar-refractivity contribution in [1.82, 2.24) is 0 Å². The van der Waals surface area contributed by atoms with Crippen molar-refractivity contribution in [1.29, 1.82) is 0 Å². The van der Waals surface area contributed by atoms with Gasteiger partial charge in [-0.3, -0.25) is 4.79 Å². The van der Waals surface area contributed by atoms with Crippen LogP contribution in [0.5, 0.6) is 5.75 Å². The number of carbonyl (C=O) groups excluding carboxylic acids is 2. The summed E-state index contributed by atoms with van der Waals surface area (Å²) in [5.41, 5.74) is 0.694. The summed E-state index contributed by atoms with van der Waals surface area (Å²) < 4.78 is 10.2. The molecule has 0 saturated carbocycles. The Kier molecular flexibility index (Phi) is 4.65. The van der Waals surface area contributed by atoms with E-state index in [1.807, 2.05) is 0 Å². The third kappa shape index (κ3) is 2.76. The van der Waals surface area contributed by atoms with Crippen LogP contribution >= 0.6 is 23.2 Å². The number of amides is 2. The van der Waals surface area contributed by atoms with Crippen LogP contribution in [-0.4, -0.2) is 18.6 Å². The number of hydrogen-bond acceptors (Lipinski definition) is 4. The molecule has 5 nitrogen and oxygen atoms in total. The minimum Gasteiger partial charge on any atom is -0.478 e. The largest absolute Gasteiger partial charge is 0.478 e. The van der Waals surface area contributed by atoms with Crippen LogP contribution in [0.3, 0.4) is 0 Å². The van der Waals surface area contributed by atoms with E-state index in [2.05, 4.69) is 5.92 Å². The fourth-order valence-electron chi connectivity index (χ4n) is 1.83. The maximum Gasteiger partial charge on any atom is 0.427 e. The van der Waals surface area contributed by atoms with E-state index in [-0.39, 0.29) is 33.8 Å². The van der Waals surface area contributed by atoms with E-state index in [0.717, 1.165) is 4.90 Å². The van der Waals surface area contributed by atoms with Crippen molar-refractivity contribution < 1.29 is 19.1 Å². The number of halogens is 2.